The van der Waals surface area contributed by atoms with Crippen molar-refractivity contribution < 1.29 is 5.11 Å². The Bertz CT molecular complexity index is 152. The van der Waals surface area contributed by atoms with Crippen LogP contribution in [0.15, 0.2) is 15.6 Å². The highest BCUT2D eigenvalue weighted by Gasteiger charge is 1.94. The zero-order chi connectivity index (χ0) is 7.98. The molecule has 0 saturated carbocycles. The van der Waals surface area contributed by atoms with Gasteiger partial charge in [-0.2, -0.15) is 0 Å². The first-order chi connectivity index (χ1) is 4.72. The summed E-state index contributed by atoms with van der Waals surface area (Å²) in [6.07, 6.45) is 0.553. The summed E-state index contributed by atoms with van der Waals surface area (Å²) in [6, 6.07) is 0. The fourth-order valence-corrected chi connectivity index (χ4v) is 0.920. The summed E-state index contributed by atoms with van der Waals surface area (Å²) in [4.78, 5) is 4.79. The highest BCUT2D eigenvalue weighted by molar-refractivity contribution is 9.17. The fraction of sp³-hybridized carbons (Fsp3) is 0.500. The molecule has 1 N–H and O–H groups in total. The van der Waals surface area contributed by atoms with Crippen LogP contribution in [0.4, 0.5) is 0 Å². The number of hydrogen-bond acceptors (Lipinski definition) is 3. The van der Waals surface area contributed by atoms with E-state index < -0.39 is 0 Å². The van der Waals surface area contributed by atoms with Crippen molar-refractivity contribution in [2.24, 2.45) is 4.99 Å². The normalized spacial score (nSPS) is 14.0. The van der Waals surface area contributed by atoms with E-state index in [0.29, 0.717) is 6.42 Å². The molecule has 0 aromatic carbocycles. The minimum Gasteiger partial charge on any atom is -0.396 e. The van der Waals surface area contributed by atoms with Crippen molar-refractivity contribution in [3.8, 4) is 0 Å². The molecule has 10 heavy (non-hydrogen) atoms. The van der Waals surface area contributed by atoms with Crippen molar-refractivity contribution in [2.45, 2.75) is 13.3 Å². The van der Waals surface area contributed by atoms with Crippen molar-refractivity contribution in [1.82, 2.24) is 0 Å². The molecule has 0 amide bonds. The van der Waals surface area contributed by atoms with Crippen LogP contribution in [0.1, 0.15) is 13.3 Å². The molecule has 0 saturated heterocycles. The molecular weight excluding hydrogens is 214 g/mol. The maximum atomic E-state index is 8.55. The van der Waals surface area contributed by atoms with Gasteiger partial charge in [-0.3, -0.25) is 4.99 Å². The molecule has 0 spiro atoms. The maximum Gasteiger partial charge on any atom is 0.0699 e. The lowest BCUT2D eigenvalue weighted by molar-refractivity contribution is 0.299. The van der Waals surface area contributed by atoms with Gasteiger partial charge in [-0.25, -0.2) is 0 Å². The average Bonchev–Trinajstić information content (AvgIpc) is 1.87. The topological polar surface area (TPSA) is 32.6 Å². The Morgan fingerprint density at radius 3 is 2.70 bits per heavy atom. The van der Waals surface area contributed by atoms with Gasteiger partial charge in [-0.1, -0.05) is 0 Å². The van der Waals surface area contributed by atoms with E-state index in [1.165, 1.54) is 5.12 Å². The Balaban J connectivity index is 4.13. The molecule has 0 unspecified atom stereocenters. The van der Waals surface area contributed by atoms with Crippen LogP contribution in [-0.2, 0) is 0 Å². The highest BCUT2D eigenvalue weighted by Crippen LogP contribution is 2.12. The molecule has 0 aliphatic heterocycles. The third-order valence-corrected chi connectivity index (χ3v) is 1.43. The van der Waals surface area contributed by atoms with Gasteiger partial charge in [-0.05, 0) is 22.9 Å². The van der Waals surface area contributed by atoms with Gasteiger partial charge in [-0.15, -0.1) is 12.6 Å². The van der Waals surface area contributed by atoms with Gasteiger partial charge < -0.3 is 5.11 Å². The first-order valence-electron chi connectivity index (χ1n) is 2.84. The molecule has 0 radical (unpaired) electrons. The van der Waals surface area contributed by atoms with Gasteiger partial charge >= 0.3 is 0 Å². The number of rotatable bonds is 3. The highest BCUT2D eigenvalue weighted by atomic mass is 79.9. The van der Waals surface area contributed by atoms with Crippen molar-refractivity contribution in [3.05, 3.63) is 10.6 Å². The fourth-order valence-electron chi connectivity index (χ4n) is 0.504. The molecule has 0 fully saturated rings. The van der Waals surface area contributed by atoms with Gasteiger partial charge in [0, 0.05) is 17.9 Å². The summed E-state index contributed by atoms with van der Waals surface area (Å²) in [5, 5.41) is 10.1. The molecule has 0 aromatic heterocycles. The molecule has 0 atom stereocenters. The summed E-state index contributed by atoms with van der Waals surface area (Å²) >= 11 is 7.14. The van der Waals surface area contributed by atoms with Crippen LogP contribution in [0.25, 0.3) is 0 Å². The quantitative estimate of drug-likeness (QED) is 0.557. The first-order valence-corrected chi connectivity index (χ1v) is 4.21. The maximum absolute atomic E-state index is 8.55. The second kappa shape index (κ2) is 5.95. The molecule has 58 valence electrons. The van der Waals surface area contributed by atoms with E-state index in [4.69, 9.17) is 5.11 Å². The van der Waals surface area contributed by atoms with Crippen LogP contribution in [0.5, 0.6) is 0 Å². The number of nitrogens with zero attached hydrogens (tertiary/aromatic N) is 1. The molecule has 0 aromatic rings. The molecule has 0 rings (SSSR count). The summed E-state index contributed by atoms with van der Waals surface area (Å²) in [6.45, 7) is 1.95. The Kier molecular flexibility index (Phi) is 6.06. The Labute approximate surface area is 74.6 Å². The zero-order valence-corrected chi connectivity index (χ0v) is 8.19. The van der Waals surface area contributed by atoms with Crippen LogP contribution in [0.2, 0.25) is 0 Å². The zero-order valence-electron chi connectivity index (χ0n) is 5.71. The first kappa shape index (κ1) is 10.2. The van der Waals surface area contributed by atoms with Crippen LogP contribution < -0.4 is 0 Å². The third kappa shape index (κ3) is 4.09. The predicted octanol–water partition coefficient (Wildman–Crippen LogP) is 1.95. The summed E-state index contributed by atoms with van der Waals surface area (Å²) < 4.78 is 0. The molecule has 0 aliphatic carbocycles. The number of thiol groups is 1. The standard InChI is InChI=1S/C6H10BrNOS/c1-5(10)6(2-3-9)8-4-7/h4,9-10H,2-3H2,1H3/b6-5-,8-4?. The molecule has 0 aliphatic rings. The summed E-state index contributed by atoms with van der Waals surface area (Å²) in [5.74, 6) is 0. The largest absolute Gasteiger partial charge is 0.396 e. The van der Waals surface area contributed by atoms with E-state index >= 15 is 0 Å². The van der Waals surface area contributed by atoms with Crippen molar-refractivity contribution in [1.29, 1.82) is 0 Å². The van der Waals surface area contributed by atoms with E-state index in [1.807, 2.05) is 6.92 Å². The Morgan fingerprint density at radius 1 is 1.80 bits per heavy atom. The van der Waals surface area contributed by atoms with Crippen molar-refractivity contribution >= 4 is 33.7 Å². The number of hydrogen-bond donors (Lipinski definition) is 2. The van der Waals surface area contributed by atoms with Gasteiger partial charge in [0.15, 0.2) is 0 Å². The lowest BCUT2D eigenvalue weighted by Crippen LogP contribution is -1.86. The molecule has 2 nitrogen and oxygen atoms in total. The van der Waals surface area contributed by atoms with Gasteiger partial charge in [0.2, 0.25) is 0 Å². The monoisotopic (exact) mass is 223 g/mol. The van der Waals surface area contributed by atoms with Gasteiger partial charge in [0.05, 0.1) is 10.8 Å². The van der Waals surface area contributed by atoms with Gasteiger partial charge in [0.25, 0.3) is 0 Å². The molecular formula is C6H10BrNOS. The number of aliphatic hydroxyl groups is 1. The number of aliphatic imine (C=N–C) groups is 1. The molecule has 0 bridgehead atoms. The van der Waals surface area contributed by atoms with E-state index in [2.05, 4.69) is 33.6 Å². The second-order valence-corrected chi connectivity index (χ2v) is 2.81. The minimum absolute atomic E-state index is 0.109. The third-order valence-electron chi connectivity index (χ3n) is 0.971. The van der Waals surface area contributed by atoms with E-state index in [0.717, 1.165) is 10.6 Å². The predicted molar refractivity (Wildman–Crippen MR) is 50.8 cm³/mol. The lowest BCUT2D eigenvalue weighted by atomic mass is 10.3. The van der Waals surface area contributed by atoms with Crippen LogP contribution in [0.3, 0.4) is 0 Å². The van der Waals surface area contributed by atoms with Crippen LogP contribution in [0, 0.1) is 0 Å². The smallest absolute Gasteiger partial charge is 0.0699 e. The van der Waals surface area contributed by atoms with Crippen LogP contribution >= 0.6 is 28.6 Å². The second-order valence-electron chi connectivity index (χ2n) is 1.73. The summed E-state index contributed by atoms with van der Waals surface area (Å²) in [5.41, 5.74) is 0.808. The molecule has 4 heteroatoms. The van der Waals surface area contributed by atoms with Crippen LogP contribution in [-0.4, -0.2) is 16.8 Å². The minimum atomic E-state index is 0.109. The van der Waals surface area contributed by atoms with E-state index in [9.17, 15) is 0 Å². The SMILES string of the molecule is C/C(S)=C(\CCO)N=CBr. The van der Waals surface area contributed by atoms with Crippen molar-refractivity contribution in [3.63, 3.8) is 0 Å². The van der Waals surface area contributed by atoms with E-state index in [1.54, 1.807) is 0 Å². The Hall–Kier alpha value is 0.200. The van der Waals surface area contributed by atoms with Crippen molar-refractivity contribution in [2.75, 3.05) is 6.61 Å². The number of allylic oxidation sites excluding steroid dienone is 1. The Morgan fingerprint density at radius 2 is 2.40 bits per heavy atom. The lowest BCUT2D eigenvalue weighted by Gasteiger charge is -1.98. The number of halogens is 1. The average molecular weight is 224 g/mol. The summed E-state index contributed by atoms with van der Waals surface area (Å²) in [7, 11) is 0. The van der Waals surface area contributed by atoms with Gasteiger partial charge in [0.1, 0.15) is 0 Å². The van der Waals surface area contributed by atoms with E-state index in [-0.39, 0.29) is 6.61 Å². The number of aliphatic hydroxyl groups excluding tert-OH is 1. The molecule has 0 heterocycles.